The first-order valence-electron chi connectivity index (χ1n) is 5.38. The van der Waals surface area contributed by atoms with Crippen molar-refractivity contribution >= 4 is 34.1 Å². The van der Waals surface area contributed by atoms with Gasteiger partial charge in [-0.2, -0.15) is 0 Å². The molecule has 1 aromatic rings. The van der Waals surface area contributed by atoms with Crippen LogP contribution in [0.4, 0.5) is 5.00 Å². The number of carboxylic acid groups (broad SMARTS) is 1. The second-order valence-electron chi connectivity index (χ2n) is 4.12. The lowest BCUT2D eigenvalue weighted by Gasteiger charge is -2.06. The topological polar surface area (TPSA) is 95.5 Å². The summed E-state index contributed by atoms with van der Waals surface area (Å²) in [6.07, 6.45) is 0.183. The number of amides is 2. The quantitative estimate of drug-likeness (QED) is 0.756. The predicted molar refractivity (Wildman–Crippen MR) is 65.8 cm³/mol. The van der Waals surface area contributed by atoms with Crippen molar-refractivity contribution in [2.45, 2.75) is 13.3 Å². The minimum absolute atomic E-state index is 0.135. The fourth-order valence-corrected chi connectivity index (χ4v) is 2.68. The Morgan fingerprint density at radius 1 is 1.56 bits per heavy atom. The summed E-state index contributed by atoms with van der Waals surface area (Å²) in [5, 5.41) is 14.6. The predicted octanol–water partition coefficient (Wildman–Crippen LogP) is 0.829. The zero-order valence-corrected chi connectivity index (χ0v) is 10.5. The number of nitrogens with one attached hydrogen (secondary N) is 2. The van der Waals surface area contributed by atoms with Crippen LogP contribution < -0.4 is 10.6 Å². The highest BCUT2D eigenvalue weighted by Gasteiger charge is 2.28. The van der Waals surface area contributed by atoms with Crippen LogP contribution in [0.5, 0.6) is 0 Å². The van der Waals surface area contributed by atoms with E-state index in [0.29, 0.717) is 17.1 Å². The molecule has 0 aromatic carbocycles. The number of aryl methyl sites for hydroxylation is 1. The van der Waals surface area contributed by atoms with Crippen molar-refractivity contribution < 1.29 is 19.5 Å². The van der Waals surface area contributed by atoms with Gasteiger partial charge in [0.25, 0.3) is 0 Å². The molecule has 3 N–H and O–H groups in total. The zero-order chi connectivity index (χ0) is 13.3. The van der Waals surface area contributed by atoms with Crippen LogP contribution in [0.2, 0.25) is 0 Å². The molecule has 0 bridgehead atoms. The molecule has 1 fully saturated rings. The van der Waals surface area contributed by atoms with E-state index < -0.39 is 5.97 Å². The maximum absolute atomic E-state index is 11.8. The van der Waals surface area contributed by atoms with Crippen molar-refractivity contribution in [1.82, 2.24) is 5.32 Å². The molecule has 1 atom stereocenters. The second-order valence-corrected chi connectivity index (χ2v) is 5.17. The van der Waals surface area contributed by atoms with Crippen LogP contribution in [-0.4, -0.2) is 29.4 Å². The van der Waals surface area contributed by atoms with E-state index >= 15 is 0 Å². The average molecular weight is 268 g/mol. The first-order chi connectivity index (χ1) is 8.47. The number of aromatic carboxylic acids is 1. The Bertz CT molecular complexity index is 523. The number of anilines is 1. The van der Waals surface area contributed by atoms with Gasteiger partial charge in [-0.05, 0) is 18.6 Å². The molecule has 1 aliphatic heterocycles. The summed E-state index contributed by atoms with van der Waals surface area (Å²) in [4.78, 5) is 33.9. The molecule has 0 aliphatic carbocycles. The maximum atomic E-state index is 11.8. The molecule has 1 unspecified atom stereocenters. The largest absolute Gasteiger partial charge is 0.477 e. The molecule has 1 saturated heterocycles. The van der Waals surface area contributed by atoms with Gasteiger partial charge >= 0.3 is 5.97 Å². The van der Waals surface area contributed by atoms with Crippen LogP contribution in [-0.2, 0) is 9.59 Å². The number of carbonyl (C=O) groups is 3. The molecular weight excluding hydrogens is 256 g/mol. The normalized spacial score (nSPS) is 18.5. The third-order valence-corrected chi connectivity index (χ3v) is 3.85. The van der Waals surface area contributed by atoms with Gasteiger partial charge in [0.1, 0.15) is 4.88 Å². The molecule has 0 saturated carbocycles. The monoisotopic (exact) mass is 268 g/mol. The highest BCUT2D eigenvalue weighted by atomic mass is 32.1. The summed E-state index contributed by atoms with van der Waals surface area (Å²) < 4.78 is 0. The van der Waals surface area contributed by atoms with E-state index in [1.807, 2.05) is 0 Å². The van der Waals surface area contributed by atoms with Gasteiger partial charge in [-0.3, -0.25) is 9.59 Å². The molecule has 18 heavy (non-hydrogen) atoms. The summed E-state index contributed by atoms with van der Waals surface area (Å²) >= 11 is 1.02. The SMILES string of the molecule is Cc1cc(NC(=O)C2CNC(=O)C2)sc1C(=O)O. The van der Waals surface area contributed by atoms with Gasteiger partial charge in [-0.1, -0.05) is 0 Å². The molecule has 0 spiro atoms. The van der Waals surface area contributed by atoms with Gasteiger partial charge in [0.05, 0.1) is 10.9 Å². The van der Waals surface area contributed by atoms with Crippen LogP contribution in [0, 0.1) is 12.8 Å². The Labute approximate surface area is 107 Å². The lowest BCUT2D eigenvalue weighted by molar-refractivity contribution is -0.123. The van der Waals surface area contributed by atoms with Crippen LogP contribution in [0.25, 0.3) is 0 Å². The Kier molecular flexibility index (Phi) is 3.33. The van der Waals surface area contributed by atoms with E-state index in [9.17, 15) is 14.4 Å². The lowest BCUT2D eigenvalue weighted by atomic mass is 10.1. The van der Waals surface area contributed by atoms with E-state index in [2.05, 4.69) is 10.6 Å². The van der Waals surface area contributed by atoms with Gasteiger partial charge in [0.15, 0.2) is 0 Å². The van der Waals surface area contributed by atoms with E-state index in [4.69, 9.17) is 5.11 Å². The third kappa shape index (κ3) is 2.51. The fourth-order valence-electron chi connectivity index (χ4n) is 1.77. The molecule has 0 radical (unpaired) electrons. The van der Waals surface area contributed by atoms with Gasteiger partial charge < -0.3 is 15.7 Å². The second kappa shape index (κ2) is 4.77. The molecule has 2 heterocycles. The molecule has 1 aliphatic rings. The minimum atomic E-state index is -1.00. The fraction of sp³-hybridized carbons (Fsp3) is 0.364. The van der Waals surface area contributed by atoms with Crippen molar-refractivity contribution in [3.05, 3.63) is 16.5 Å². The molecule has 6 nitrogen and oxygen atoms in total. The highest BCUT2D eigenvalue weighted by Crippen LogP contribution is 2.27. The van der Waals surface area contributed by atoms with Crippen LogP contribution in [0.1, 0.15) is 21.7 Å². The molecule has 2 amide bonds. The molecule has 1 aromatic heterocycles. The first-order valence-corrected chi connectivity index (χ1v) is 6.20. The summed E-state index contributed by atoms with van der Waals surface area (Å²) in [7, 11) is 0. The van der Waals surface area contributed by atoms with Crippen LogP contribution in [0.15, 0.2) is 6.07 Å². The standard InChI is InChI=1S/C11H12N2O4S/c1-5-2-8(18-9(5)11(16)17)13-10(15)6-3-7(14)12-4-6/h2,6H,3-4H2,1H3,(H,12,14)(H,13,15)(H,16,17). The molecule has 2 rings (SSSR count). The van der Waals surface area contributed by atoms with Crippen molar-refractivity contribution in [2.24, 2.45) is 5.92 Å². The number of thiophene rings is 1. The summed E-state index contributed by atoms with van der Waals surface area (Å²) in [6, 6.07) is 1.62. The van der Waals surface area contributed by atoms with E-state index in [-0.39, 0.29) is 29.0 Å². The Balaban J connectivity index is 2.05. The Morgan fingerprint density at radius 2 is 2.28 bits per heavy atom. The van der Waals surface area contributed by atoms with Gasteiger partial charge in [0.2, 0.25) is 11.8 Å². The third-order valence-electron chi connectivity index (χ3n) is 2.71. The van der Waals surface area contributed by atoms with Crippen molar-refractivity contribution in [2.75, 3.05) is 11.9 Å². The number of hydrogen-bond donors (Lipinski definition) is 3. The smallest absolute Gasteiger partial charge is 0.346 e. The maximum Gasteiger partial charge on any atom is 0.346 e. The zero-order valence-electron chi connectivity index (χ0n) is 9.65. The van der Waals surface area contributed by atoms with E-state index in [1.165, 1.54) is 0 Å². The number of hydrogen-bond acceptors (Lipinski definition) is 4. The van der Waals surface area contributed by atoms with E-state index in [0.717, 1.165) is 11.3 Å². The summed E-state index contributed by atoms with van der Waals surface area (Å²) in [5.74, 6) is -1.78. The first kappa shape index (κ1) is 12.6. The van der Waals surface area contributed by atoms with Gasteiger partial charge in [0, 0.05) is 13.0 Å². The molecular formula is C11H12N2O4S. The van der Waals surface area contributed by atoms with E-state index in [1.54, 1.807) is 13.0 Å². The average Bonchev–Trinajstić information content (AvgIpc) is 2.85. The molecule has 96 valence electrons. The van der Waals surface area contributed by atoms with Crippen molar-refractivity contribution in [1.29, 1.82) is 0 Å². The summed E-state index contributed by atoms with van der Waals surface area (Å²) in [6.45, 7) is 2.01. The summed E-state index contributed by atoms with van der Waals surface area (Å²) in [5.41, 5.74) is 0.614. The molecule has 7 heteroatoms. The van der Waals surface area contributed by atoms with Crippen LogP contribution >= 0.6 is 11.3 Å². The lowest BCUT2D eigenvalue weighted by Crippen LogP contribution is -2.24. The van der Waals surface area contributed by atoms with Crippen molar-refractivity contribution in [3.63, 3.8) is 0 Å². The van der Waals surface area contributed by atoms with Gasteiger partial charge in [-0.15, -0.1) is 11.3 Å². The number of carboxylic acids is 1. The number of carbonyl (C=O) groups excluding carboxylic acids is 2. The highest BCUT2D eigenvalue weighted by molar-refractivity contribution is 7.18. The van der Waals surface area contributed by atoms with Gasteiger partial charge in [-0.25, -0.2) is 4.79 Å². The Hall–Kier alpha value is -1.89. The Morgan fingerprint density at radius 3 is 2.78 bits per heavy atom. The van der Waals surface area contributed by atoms with Crippen LogP contribution in [0.3, 0.4) is 0 Å². The minimum Gasteiger partial charge on any atom is -0.477 e. The number of rotatable bonds is 3. The van der Waals surface area contributed by atoms with Crippen molar-refractivity contribution in [3.8, 4) is 0 Å².